The van der Waals surface area contributed by atoms with Crippen LogP contribution >= 0.6 is 0 Å². The second-order valence-corrected chi connectivity index (χ2v) is 3.61. The largest absolute Gasteiger partial charge is 0.478 e. The summed E-state index contributed by atoms with van der Waals surface area (Å²) in [4.78, 5) is 10.7. The minimum Gasteiger partial charge on any atom is -0.478 e. The molecule has 0 amide bonds. The molecule has 0 rings (SSSR count). The fraction of sp³-hybridized carbons (Fsp3) is 0.750. The molecular formula is C12H22O2. The monoisotopic (exact) mass is 198 g/mol. The van der Waals surface area contributed by atoms with Crippen LogP contribution in [0.25, 0.3) is 0 Å². The Kier molecular flexibility index (Phi) is 8.30. The second-order valence-electron chi connectivity index (χ2n) is 3.61. The molecule has 2 nitrogen and oxygen atoms in total. The minimum absolute atomic E-state index is 0.587. The summed E-state index contributed by atoms with van der Waals surface area (Å²) in [6.45, 7) is 4.15. The molecule has 0 aromatic carbocycles. The molecule has 0 unspecified atom stereocenters. The van der Waals surface area contributed by atoms with Gasteiger partial charge in [0.15, 0.2) is 0 Å². The lowest BCUT2D eigenvalue weighted by Crippen LogP contribution is -2.00. The summed E-state index contributed by atoms with van der Waals surface area (Å²) in [6, 6.07) is 0. The number of unbranched alkanes of at least 4 members (excludes halogenated alkanes) is 4. The van der Waals surface area contributed by atoms with Crippen molar-refractivity contribution in [3.63, 3.8) is 0 Å². The SMILES string of the molecule is CCC=C(CCCCCCC)C(=O)O. The number of rotatable bonds is 8. The summed E-state index contributed by atoms with van der Waals surface area (Å²) in [5, 5.41) is 8.84. The molecule has 0 radical (unpaired) electrons. The highest BCUT2D eigenvalue weighted by atomic mass is 16.4. The average Bonchev–Trinajstić information content (AvgIpc) is 2.15. The summed E-state index contributed by atoms with van der Waals surface area (Å²) < 4.78 is 0. The van der Waals surface area contributed by atoms with Crippen molar-refractivity contribution in [3.05, 3.63) is 11.6 Å². The molecule has 0 fully saturated rings. The maximum atomic E-state index is 10.7. The lowest BCUT2D eigenvalue weighted by Gasteiger charge is -2.01. The number of carboxylic acids is 1. The Labute approximate surface area is 87.0 Å². The Morgan fingerprint density at radius 1 is 1.14 bits per heavy atom. The van der Waals surface area contributed by atoms with E-state index in [1.807, 2.05) is 13.0 Å². The van der Waals surface area contributed by atoms with Gasteiger partial charge >= 0.3 is 5.97 Å². The lowest BCUT2D eigenvalue weighted by molar-refractivity contribution is -0.132. The van der Waals surface area contributed by atoms with Gasteiger partial charge in [0.1, 0.15) is 0 Å². The molecule has 0 atom stereocenters. The molecule has 0 aromatic rings. The number of hydrogen-bond donors (Lipinski definition) is 1. The van der Waals surface area contributed by atoms with Gasteiger partial charge in [0.05, 0.1) is 0 Å². The van der Waals surface area contributed by atoms with Gasteiger partial charge in [0, 0.05) is 5.57 Å². The Morgan fingerprint density at radius 2 is 1.79 bits per heavy atom. The number of carbonyl (C=O) groups is 1. The van der Waals surface area contributed by atoms with Crippen LogP contribution in [0.3, 0.4) is 0 Å². The maximum Gasteiger partial charge on any atom is 0.331 e. The number of aliphatic carboxylic acids is 1. The molecule has 82 valence electrons. The first-order chi connectivity index (χ1) is 6.72. The first-order valence-corrected chi connectivity index (χ1v) is 5.64. The van der Waals surface area contributed by atoms with E-state index in [0.717, 1.165) is 25.7 Å². The van der Waals surface area contributed by atoms with Gasteiger partial charge in [-0.05, 0) is 19.3 Å². The fourth-order valence-electron chi connectivity index (χ4n) is 1.46. The lowest BCUT2D eigenvalue weighted by atomic mass is 10.1. The molecular weight excluding hydrogens is 176 g/mol. The molecule has 0 bridgehead atoms. The third-order valence-corrected chi connectivity index (χ3v) is 2.27. The molecule has 0 aliphatic rings. The van der Waals surface area contributed by atoms with Crippen molar-refractivity contribution in [2.45, 2.75) is 58.8 Å². The van der Waals surface area contributed by atoms with E-state index in [2.05, 4.69) is 6.92 Å². The van der Waals surface area contributed by atoms with Gasteiger partial charge in [-0.15, -0.1) is 0 Å². The zero-order valence-corrected chi connectivity index (χ0v) is 9.38. The van der Waals surface area contributed by atoms with E-state index in [0.29, 0.717) is 5.57 Å². The van der Waals surface area contributed by atoms with Crippen molar-refractivity contribution in [2.24, 2.45) is 0 Å². The van der Waals surface area contributed by atoms with Gasteiger partial charge in [0.25, 0.3) is 0 Å². The molecule has 1 N–H and O–H groups in total. The van der Waals surface area contributed by atoms with Crippen LogP contribution in [0.15, 0.2) is 11.6 Å². The zero-order valence-electron chi connectivity index (χ0n) is 9.38. The van der Waals surface area contributed by atoms with Crippen LogP contribution < -0.4 is 0 Å². The standard InChI is InChI=1S/C12H22O2/c1-3-5-6-7-8-10-11(9-4-2)12(13)14/h9H,3-8,10H2,1-2H3,(H,13,14). The molecule has 14 heavy (non-hydrogen) atoms. The quantitative estimate of drug-likeness (QED) is 0.476. The van der Waals surface area contributed by atoms with Gasteiger partial charge in [-0.1, -0.05) is 45.6 Å². The van der Waals surface area contributed by atoms with Crippen LogP contribution in [0.5, 0.6) is 0 Å². The maximum absolute atomic E-state index is 10.7. The number of carboxylic acid groups (broad SMARTS) is 1. The predicted molar refractivity (Wildman–Crippen MR) is 59.4 cm³/mol. The van der Waals surface area contributed by atoms with Crippen molar-refractivity contribution in [1.82, 2.24) is 0 Å². The first-order valence-electron chi connectivity index (χ1n) is 5.64. The molecule has 0 aromatic heterocycles. The van der Waals surface area contributed by atoms with E-state index >= 15 is 0 Å². The summed E-state index contributed by atoms with van der Waals surface area (Å²) in [6.07, 6.45) is 9.26. The van der Waals surface area contributed by atoms with Crippen molar-refractivity contribution >= 4 is 5.97 Å². The summed E-state index contributed by atoms with van der Waals surface area (Å²) >= 11 is 0. The van der Waals surface area contributed by atoms with Crippen LogP contribution in [0.4, 0.5) is 0 Å². The Bertz CT molecular complexity index is 183. The van der Waals surface area contributed by atoms with Crippen LogP contribution in [-0.4, -0.2) is 11.1 Å². The molecule has 0 aliphatic heterocycles. The van der Waals surface area contributed by atoms with Crippen LogP contribution in [-0.2, 0) is 4.79 Å². The highest BCUT2D eigenvalue weighted by Crippen LogP contribution is 2.11. The highest BCUT2D eigenvalue weighted by molar-refractivity contribution is 5.86. The summed E-state index contributed by atoms with van der Waals surface area (Å²) in [5.41, 5.74) is 0.587. The van der Waals surface area contributed by atoms with Gasteiger partial charge in [-0.25, -0.2) is 4.79 Å². The van der Waals surface area contributed by atoms with Crippen molar-refractivity contribution < 1.29 is 9.90 Å². The van der Waals surface area contributed by atoms with E-state index in [1.54, 1.807) is 0 Å². The molecule has 0 saturated heterocycles. The summed E-state index contributed by atoms with van der Waals surface area (Å²) in [5.74, 6) is -0.748. The van der Waals surface area contributed by atoms with E-state index in [9.17, 15) is 4.79 Å². The van der Waals surface area contributed by atoms with Crippen molar-refractivity contribution in [1.29, 1.82) is 0 Å². The normalized spacial score (nSPS) is 11.7. The van der Waals surface area contributed by atoms with E-state index in [4.69, 9.17) is 5.11 Å². The number of hydrogen-bond acceptors (Lipinski definition) is 1. The fourth-order valence-corrected chi connectivity index (χ4v) is 1.46. The Balaban J connectivity index is 3.62. The van der Waals surface area contributed by atoms with Crippen molar-refractivity contribution in [2.75, 3.05) is 0 Å². The average molecular weight is 198 g/mol. The topological polar surface area (TPSA) is 37.3 Å². The predicted octanol–water partition coefficient (Wildman–Crippen LogP) is 3.77. The van der Waals surface area contributed by atoms with Gasteiger partial charge in [0.2, 0.25) is 0 Å². The van der Waals surface area contributed by atoms with Crippen LogP contribution in [0, 0.1) is 0 Å². The summed E-state index contributed by atoms with van der Waals surface area (Å²) in [7, 11) is 0. The zero-order chi connectivity index (χ0) is 10.8. The third-order valence-electron chi connectivity index (χ3n) is 2.27. The molecule has 2 heteroatoms. The van der Waals surface area contributed by atoms with Crippen LogP contribution in [0.1, 0.15) is 58.8 Å². The molecule has 0 spiro atoms. The van der Waals surface area contributed by atoms with Crippen LogP contribution in [0.2, 0.25) is 0 Å². The highest BCUT2D eigenvalue weighted by Gasteiger charge is 2.05. The Morgan fingerprint density at radius 3 is 2.29 bits per heavy atom. The van der Waals surface area contributed by atoms with Gasteiger partial charge in [-0.2, -0.15) is 0 Å². The smallest absolute Gasteiger partial charge is 0.331 e. The Hall–Kier alpha value is -0.790. The first kappa shape index (κ1) is 13.2. The minimum atomic E-state index is -0.748. The van der Waals surface area contributed by atoms with E-state index in [-0.39, 0.29) is 0 Å². The molecule has 0 heterocycles. The molecule has 0 aliphatic carbocycles. The van der Waals surface area contributed by atoms with Gasteiger partial charge in [-0.3, -0.25) is 0 Å². The third kappa shape index (κ3) is 6.70. The van der Waals surface area contributed by atoms with E-state index < -0.39 is 5.97 Å². The molecule has 0 saturated carbocycles. The number of allylic oxidation sites excluding steroid dienone is 1. The van der Waals surface area contributed by atoms with E-state index in [1.165, 1.54) is 19.3 Å². The second kappa shape index (κ2) is 8.79. The van der Waals surface area contributed by atoms with Crippen molar-refractivity contribution in [3.8, 4) is 0 Å². The van der Waals surface area contributed by atoms with Gasteiger partial charge < -0.3 is 5.11 Å².